The Morgan fingerprint density at radius 2 is 1.88 bits per heavy atom. The molecule has 0 amide bonds. The van der Waals surface area contributed by atoms with Crippen molar-refractivity contribution in [2.24, 2.45) is 5.92 Å². The minimum Gasteiger partial charge on any atom is -0.490 e. The first-order valence-corrected chi connectivity index (χ1v) is 9.48. The van der Waals surface area contributed by atoms with E-state index in [0.29, 0.717) is 12.5 Å². The number of para-hydroxylation sites is 1. The van der Waals surface area contributed by atoms with Gasteiger partial charge in [-0.25, -0.2) is 0 Å². The second kappa shape index (κ2) is 7.52. The van der Waals surface area contributed by atoms with Crippen molar-refractivity contribution in [1.29, 1.82) is 0 Å². The van der Waals surface area contributed by atoms with Crippen molar-refractivity contribution in [2.75, 3.05) is 13.2 Å². The highest BCUT2D eigenvalue weighted by atomic mass is 16.5. The average Bonchev–Trinajstić information content (AvgIpc) is 3.23. The molecule has 1 saturated carbocycles. The summed E-state index contributed by atoms with van der Waals surface area (Å²) in [6.07, 6.45) is 6.10. The van der Waals surface area contributed by atoms with Gasteiger partial charge in [0.15, 0.2) is 11.5 Å². The molecular weight excluding hydrogens is 314 g/mol. The van der Waals surface area contributed by atoms with Gasteiger partial charge in [-0.2, -0.15) is 0 Å². The van der Waals surface area contributed by atoms with Gasteiger partial charge in [-0.1, -0.05) is 25.0 Å². The number of furan rings is 1. The maximum absolute atomic E-state index is 5.96. The highest BCUT2D eigenvalue weighted by Gasteiger charge is 2.28. The van der Waals surface area contributed by atoms with Crippen molar-refractivity contribution < 1.29 is 13.9 Å². The van der Waals surface area contributed by atoms with Crippen LogP contribution in [-0.4, -0.2) is 13.2 Å². The molecule has 1 N–H and O–H groups in total. The first-order valence-electron chi connectivity index (χ1n) is 9.48. The molecule has 1 aromatic carbocycles. The van der Waals surface area contributed by atoms with Crippen molar-refractivity contribution in [1.82, 2.24) is 5.32 Å². The van der Waals surface area contributed by atoms with Crippen molar-refractivity contribution >= 4 is 0 Å². The Morgan fingerprint density at radius 3 is 2.68 bits per heavy atom. The lowest BCUT2D eigenvalue weighted by molar-refractivity contribution is 0.291. The Labute approximate surface area is 149 Å². The maximum Gasteiger partial charge on any atom is 0.165 e. The smallest absolute Gasteiger partial charge is 0.165 e. The lowest BCUT2D eigenvalue weighted by Gasteiger charge is -2.24. The van der Waals surface area contributed by atoms with Crippen molar-refractivity contribution in [3.63, 3.8) is 0 Å². The Hall–Kier alpha value is -1.94. The molecule has 0 spiro atoms. The SMILES string of the molecule is Cc1ccc(C(NCc2cccc3c2OCCCO3)C2CCCC2)o1. The fourth-order valence-corrected chi connectivity index (χ4v) is 4.02. The summed E-state index contributed by atoms with van der Waals surface area (Å²) in [5.74, 6) is 4.44. The van der Waals surface area contributed by atoms with Gasteiger partial charge in [-0.05, 0) is 43.9 Å². The van der Waals surface area contributed by atoms with E-state index in [9.17, 15) is 0 Å². The van der Waals surface area contributed by atoms with Gasteiger partial charge in [0.2, 0.25) is 0 Å². The zero-order valence-electron chi connectivity index (χ0n) is 14.9. The van der Waals surface area contributed by atoms with Gasteiger partial charge in [-0.15, -0.1) is 0 Å². The molecule has 4 heteroatoms. The molecule has 2 aliphatic rings. The van der Waals surface area contributed by atoms with Crippen LogP contribution >= 0.6 is 0 Å². The molecule has 25 heavy (non-hydrogen) atoms. The number of rotatable bonds is 5. The van der Waals surface area contributed by atoms with Crippen LogP contribution < -0.4 is 14.8 Å². The Balaban J connectivity index is 1.53. The summed E-state index contributed by atoms with van der Waals surface area (Å²) in [5.41, 5.74) is 1.16. The fourth-order valence-electron chi connectivity index (χ4n) is 4.02. The summed E-state index contributed by atoms with van der Waals surface area (Å²) in [7, 11) is 0. The first kappa shape index (κ1) is 16.5. The molecule has 1 aliphatic heterocycles. The van der Waals surface area contributed by atoms with E-state index in [1.165, 1.54) is 25.7 Å². The van der Waals surface area contributed by atoms with E-state index in [1.807, 2.05) is 19.1 Å². The Morgan fingerprint density at radius 1 is 1.04 bits per heavy atom. The molecule has 1 atom stereocenters. The molecule has 4 nitrogen and oxygen atoms in total. The number of aryl methyl sites for hydroxylation is 1. The van der Waals surface area contributed by atoms with Gasteiger partial charge in [-0.3, -0.25) is 0 Å². The van der Waals surface area contributed by atoms with Crippen LogP contribution in [0.2, 0.25) is 0 Å². The molecule has 134 valence electrons. The molecule has 2 heterocycles. The number of hydrogen-bond donors (Lipinski definition) is 1. The van der Waals surface area contributed by atoms with Gasteiger partial charge < -0.3 is 19.2 Å². The highest BCUT2D eigenvalue weighted by molar-refractivity contribution is 5.47. The fraction of sp³-hybridized carbons (Fsp3) is 0.524. The van der Waals surface area contributed by atoms with Crippen LogP contribution in [0.15, 0.2) is 34.7 Å². The molecule has 0 saturated heterocycles. The van der Waals surface area contributed by atoms with E-state index in [4.69, 9.17) is 13.9 Å². The van der Waals surface area contributed by atoms with Crippen LogP contribution in [-0.2, 0) is 6.54 Å². The third kappa shape index (κ3) is 3.69. The quantitative estimate of drug-likeness (QED) is 0.851. The highest BCUT2D eigenvalue weighted by Crippen LogP contribution is 2.38. The lowest BCUT2D eigenvalue weighted by Crippen LogP contribution is -2.26. The molecule has 4 rings (SSSR count). The summed E-state index contributed by atoms with van der Waals surface area (Å²) in [4.78, 5) is 0. The number of nitrogens with one attached hydrogen (secondary N) is 1. The normalized spacial score (nSPS) is 18.9. The van der Waals surface area contributed by atoms with Gasteiger partial charge in [0, 0.05) is 18.5 Å². The first-order chi connectivity index (χ1) is 12.3. The number of benzene rings is 1. The summed E-state index contributed by atoms with van der Waals surface area (Å²) in [6, 6.07) is 10.6. The topological polar surface area (TPSA) is 43.6 Å². The van der Waals surface area contributed by atoms with E-state index in [2.05, 4.69) is 23.5 Å². The van der Waals surface area contributed by atoms with Gasteiger partial charge >= 0.3 is 0 Å². The molecule has 1 aromatic heterocycles. The van der Waals surface area contributed by atoms with E-state index in [-0.39, 0.29) is 6.04 Å². The summed E-state index contributed by atoms with van der Waals surface area (Å²) < 4.78 is 17.7. The van der Waals surface area contributed by atoms with Crippen molar-refractivity contribution in [3.8, 4) is 11.5 Å². The van der Waals surface area contributed by atoms with E-state index in [0.717, 1.165) is 48.2 Å². The zero-order valence-corrected chi connectivity index (χ0v) is 14.9. The number of ether oxygens (including phenoxy) is 2. The molecule has 1 aliphatic carbocycles. The summed E-state index contributed by atoms with van der Waals surface area (Å²) in [5, 5.41) is 3.75. The molecule has 0 bridgehead atoms. The van der Waals surface area contributed by atoms with Crippen LogP contribution in [0.4, 0.5) is 0 Å². The van der Waals surface area contributed by atoms with E-state index in [1.54, 1.807) is 0 Å². The molecule has 1 unspecified atom stereocenters. The standard InChI is InChI=1S/C21H27NO3/c1-15-10-11-18(25-15)20(16-6-2-3-7-16)22-14-17-8-4-9-19-21(17)24-13-5-12-23-19/h4,8-11,16,20,22H,2-3,5-7,12-14H2,1H3. The van der Waals surface area contributed by atoms with E-state index >= 15 is 0 Å². The van der Waals surface area contributed by atoms with Crippen LogP contribution in [0, 0.1) is 12.8 Å². The Kier molecular flexibility index (Phi) is 4.97. The van der Waals surface area contributed by atoms with Crippen LogP contribution in [0.3, 0.4) is 0 Å². The minimum atomic E-state index is 0.263. The minimum absolute atomic E-state index is 0.263. The predicted octanol–water partition coefficient (Wildman–Crippen LogP) is 4.77. The van der Waals surface area contributed by atoms with Crippen molar-refractivity contribution in [3.05, 3.63) is 47.4 Å². The van der Waals surface area contributed by atoms with Crippen LogP contribution in [0.1, 0.15) is 55.2 Å². The van der Waals surface area contributed by atoms with Crippen LogP contribution in [0.25, 0.3) is 0 Å². The van der Waals surface area contributed by atoms with Gasteiger partial charge in [0.25, 0.3) is 0 Å². The average molecular weight is 341 g/mol. The van der Waals surface area contributed by atoms with Gasteiger partial charge in [0.1, 0.15) is 11.5 Å². The van der Waals surface area contributed by atoms with Crippen molar-refractivity contribution in [2.45, 2.75) is 51.6 Å². The van der Waals surface area contributed by atoms with E-state index < -0.39 is 0 Å². The monoisotopic (exact) mass is 341 g/mol. The molecule has 1 fully saturated rings. The van der Waals surface area contributed by atoms with Gasteiger partial charge in [0.05, 0.1) is 19.3 Å². The summed E-state index contributed by atoms with van der Waals surface area (Å²) in [6.45, 7) is 4.21. The maximum atomic E-state index is 5.96. The largest absolute Gasteiger partial charge is 0.490 e. The second-order valence-electron chi connectivity index (χ2n) is 7.15. The third-order valence-corrected chi connectivity index (χ3v) is 5.30. The predicted molar refractivity (Wildman–Crippen MR) is 97.0 cm³/mol. The number of fused-ring (bicyclic) bond motifs is 1. The molecule has 2 aromatic rings. The van der Waals surface area contributed by atoms with Crippen LogP contribution in [0.5, 0.6) is 11.5 Å². The second-order valence-corrected chi connectivity index (χ2v) is 7.15. The Bertz CT molecular complexity index is 703. The molecular formula is C21H27NO3. The lowest BCUT2D eigenvalue weighted by atomic mass is 9.95. The zero-order chi connectivity index (χ0) is 17.1. The third-order valence-electron chi connectivity index (χ3n) is 5.30. The number of hydrogen-bond acceptors (Lipinski definition) is 4. The summed E-state index contributed by atoms with van der Waals surface area (Å²) >= 11 is 0. The molecule has 0 radical (unpaired) electrons.